The predicted molar refractivity (Wildman–Crippen MR) is 213 cm³/mol. The van der Waals surface area contributed by atoms with Crippen LogP contribution < -0.4 is 0 Å². The molecule has 51 heavy (non-hydrogen) atoms. The second-order valence-corrected chi connectivity index (χ2v) is 13.2. The minimum Gasteiger partial charge on any atom is -0.251 e. The second-order valence-electron chi connectivity index (χ2n) is 13.2. The zero-order valence-corrected chi connectivity index (χ0v) is 28.4. The average Bonchev–Trinajstić information content (AvgIpc) is 3.21. The van der Waals surface area contributed by atoms with Gasteiger partial charge in [-0.3, -0.25) is 4.98 Å². The molecule has 8 aromatic rings. The molecule has 0 amide bonds. The Morgan fingerprint density at radius 2 is 1.00 bits per heavy atom. The maximum atomic E-state index is 5.20. The number of aryl methyl sites for hydroxylation is 1. The van der Waals surface area contributed by atoms with Crippen molar-refractivity contribution in [3.05, 3.63) is 181 Å². The van der Waals surface area contributed by atoms with Crippen LogP contribution in [0.2, 0.25) is 0 Å². The van der Waals surface area contributed by atoms with Gasteiger partial charge in [0.05, 0.1) is 28.1 Å². The lowest BCUT2D eigenvalue weighted by atomic mass is 9.95. The summed E-state index contributed by atoms with van der Waals surface area (Å²) in [7, 11) is 0. The van der Waals surface area contributed by atoms with Gasteiger partial charge in [0.15, 0.2) is 0 Å². The van der Waals surface area contributed by atoms with Crippen molar-refractivity contribution in [3.8, 4) is 56.0 Å². The zero-order valence-electron chi connectivity index (χ0n) is 28.4. The van der Waals surface area contributed by atoms with Gasteiger partial charge in [-0.2, -0.15) is 0 Å². The molecule has 0 fully saturated rings. The van der Waals surface area contributed by atoms with Gasteiger partial charge in [0, 0.05) is 33.2 Å². The Morgan fingerprint density at radius 1 is 0.431 bits per heavy atom. The maximum absolute atomic E-state index is 5.20. The summed E-state index contributed by atoms with van der Waals surface area (Å²) in [5, 5.41) is 2.24. The Balaban J connectivity index is 1.03. The van der Waals surface area contributed by atoms with Crippen LogP contribution in [0.15, 0.2) is 170 Å². The summed E-state index contributed by atoms with van der Waals surface area (Å²) in [5.74, 6) is 0. The van der Waals surface area contributed by atoms with Crippen LogP contribution in [0, 0.1) is 6.92 Å². The number of benzene rings is 5. The summed E-state index contributed by atoms with van der Waals surface area (Å²) in [4.78, 5) is 15.3. The molecule has 0 aliphatic heterocycles. The van der Waals surface area contributed by atoms with Gasteiger partial charge in [-0.15, -0.1) is 0 Å². The van der Waals surface area contributed by atoms with Gasteiger partial charge < -0.3 is 0 Å². The van der Waals surface area contributed by atoms with Crippen LogP contribution in [0.5, 0.6) is 0 Å². The van der Waals surface area contributed by atoms with E-state index in [1.54, 1.807) is 0 Å². The molecular weight excluding hydrogens is 619 g/mol. The number of fused-ring (bicyclic) bond motifs is 3. The molecule has 0 spiro atoms. The molecule has 1 aliphatic rings. The number of aromatic nitrogens is 3. The minimum absolute atomic E-state index is 0.940. The number of pyridine rings is 3. The summed E-state index contributed by atoms with van der Waals surface area (Å²) in [6.45, 7) is 2.07. The Labute approximate surface area is 298 Å². The highest BCUT2D eigenvalue weighted by molar-refractivity contribution is 6.08. The van der Waals surface area contributed by atoms with Gasteiger partial charge in [0.1, 0.15) is 0 Å². The molecular formula is C48H35N3. The summed E-state index contributed by atoms with van der Waals surface area (Å²) in [6, 6.07) is 53.5. The molecule has 5 aromatic carbocycles. The second kappa shape index (κ2) is 13.1. The van der Waals surface area contributed by atoms with Gasteiger partial charge in [-0.05, 0) is 77.4 Å². The smallest absolute Gasteiger partial charge is 0.0974 e. The Kier molecular flexibility index (Phi) is 7.87. The van der Waals surface area contributed by atoms with Crippen LogP contribution in [0.25, 0.3) is 83.4 Å². The summed E-state index contributed by atoms with van der Waals surface area (Å²) < 4.78 is 0. The number of nitrogens with zero attached hydrogens (tertiary/aromatic N) is 3. The molecule has 1 aliphatic carbocycles. The average molecular weight is 654 g/mol. The minimum atomic E-state index is 0.940. The zero-order chi connectivity index (χ0) is 34.1. The molecule has 3 nitrogen and oxygen atoms in total. The Morgan fingerprint density at radius 3 is 1.65 bits per heavy atom. The van der Waals surface area contributed by atoms with Crippen molar-refractivity contribution in [1.29, 1.82) is 0 Å². The number of hydrogen-bond donors (Lipinski definition) is 0. The van der Waals surface area contributed by atoms with E-state index in [0.717, 1.165) is 90.8 Å². The summed E-state index contributed by atoms with van der Waals surface area (Å²) >= 11 is 0. The van der Waals surface area contributed by atoms with Crippen molar-refractivity contribution in [1.82, 2.24) is 15.0 Å². The molecule has 0 saturated heterocycles. The Bertz CT molecular complexity index is 2540. The van der Waals surface area contributed by atoms with Crippen molar-refractivity contribution in [2.75, 3.05) is 0 Å². The lowest BCUT2D eigenvalue weighted by molar-refractivity contribution is 1.04. The quantitative estimate of drug-likeness (QED) is 0.168. The van der Waals surface area contributed by atoms with E-state index in [2.05, 4.69) is 171 Å². The van der Waals surface area contributed by atoms with E-state index < -0.39 is 0 Å². The van der Waals surface area contributed by atoms with Crippen LogP contribution >= 0.6 is 0 Å². The van der Waals surface area contributed by atoms with E-state index in [4.69, 9.17) is 15.0 Å². The van der Waals surface area contributed by atoms with Gasteiger partial charge in [-0.1, -0.05) is 146 Å². The van der Waals surface area contributed by atoms with Crippen molar-refractivity contribution >= 4 is 27.4 Å². The normalized spacial score (nSPS) is 12.7. The van der Waals surface area contributed by atoms with Crippen molar-refractivity contribution in [2.45, 2.75) is 19.8 Å². The lowest BCUT2D eigenvalue weighted by Crippen LogP contribution is -1.95. The molecule has 3 heterocycles. The third-order valence-corrected chi connectivity index (χ3v) is 9.77. The van der Waals surface area contributed by atoms with E-state index in [9.17, 15) is 0 Å². The first-order valence-electron chi connectivity index (χ1n) is 17.6. The summed E-state index contributed by atoms with van der Waals surface area (Å²) in [6.07, 6.45) is 9.00. The lowest BCUT2D eigenvalue weighted by Gasteiger charge is -2.13. The molecule has 0 unspecified atom stereocenters. The SMILES string of the molecule is Cc1cc(C2=CCCC=C2)c2ccc3ccc(-c4ccc(-c5ccc(-c6cc(-c7ccccc7)cc(-c7ccccc7)n6)cc5)cc4)nc3c2n1. The highest BCUT2D eigenvalue weighted by Gasteiger charge is 2.14. The first kappa shape index (κ1) is 30.6. The highest BCUT2D eigenvalue weighted by Crippen LogP contribution is 2.35. The first-order valence-corrected chi connectivity index (χ1v) is 17.6. The molecule has 0 saturated carbocycles. The van der Waals surface area contributed by atoms with Crippen LogP contribution in [-0.4, -0.2) is 15.0 Å². The van der Waals surface area contributed by atoms with Gasteiger partial charge in [0.25, 0.3) is 0 Å². The largest absolute Gasteiger partial charge is 0.251 e. The van der Waals surface area contributed by atoms with E-state index in [-0.39, 0.29) is 0 Å². The molecule has 0 atom stereocenters. The van der Waals surface area contributed by atoms with Crippen LogP contribution in [-0.2, 0) is 0 Å². The number of rotatable bonds is 6. The third kappa shape index (κ3) is 6.04. The fraction of sp³-hybridized carbons (Fsp3) is 0.0625. The molecule has 3 aromatic heterocycles. The third-order valence-electron chi connectivity index (χ3n) is 9.77. The number of hydrogen-bond acceptors (Lipinski definition) is 3. The Hall–Kier alpha value is -6.45. The number of allylic oxidation sites excluding steroid dienone is 4. The standard InChI is InChI=1S/C48H35N3/c1-32-29-43(36-13-7-3-8-14-36)42-27-25-40-26-28-44(51-47(40)48(42)49-32)38-21-17-34(18-22-38)35-19-23-39(24-20-35)46-31-41(33-11-5-2-6-12-33)30-45(50-46)37-15-9-4-10-16-37/h2,4-7,9-31H,3,8H2,1H3. The fourth-order valence-corrected chi connectivity index (χ4v) is 7.11. The molecule has 0 bridgehead atoms. The molecule has 0 radical (unpaired) electrons. The molecule has 3 heteroatoms. The molecule has 9 rings (SSSR count). The fourth-order valence-electron chi connectivity index (χ4n) is 7.11. The molecule has 242 valence electrons. The van der Waals surface area contributed by atoms with Gasteiger partial charge in [-0.25, -0.2) is 9.97 Å². The topological polar surface area (TPSA) is 38.7 Å². The van der Waals surface area contributed by atoms with Gasteiger partial charge >= 0.3 is 0 Å². The highest BCUT2D eigenvalue weighted by atomic mass is 14.8. The van der Waals surface area contributed by atoms with Crippen molar-refractivity contribution in [2.24, 2.45) is 0 Å². The predicted octanol–water partition coefficient (Wildman–Crippen LogP) is 12.6. The van der Waals surface area contributed by atoms with Crippen molar-refractivity contribution < 1.29 is 0 Å². The van der Waals surface area contributed by atoms with E-state index in [1.807, 2.05) is 6.07 Å². The van der Waals surface area contributed by atoms with Crippen LogP contribution in [0.4, 0.5) is 0 Å². The monoisotopic (exact) mass is 653 g/mol. The van der Waals surface area contributed by atoms with E-state index >= 15 is 0 Å². The van der Waals surface area contributed by atoms with Crippen LogP contribution in [0.3, 0.4) is 0 Å². The van der Waals surface area contributed by atoms with Crippen LogP contribution in [0.1, 0.15) is 24.1 Å². The maximum Gasteiger partial charge on any atom is 0.0974 e. The molecule has 0 N–H and O–H groups in total. The van der Waals surface area contributed by atoms with E-state index in [0.29, 0.717) is 0 Å². The van der Waals surface area contributed by atoms with Gasteiger partial charge in [0.2, 0.25) is 0 Å². The first-order chi connectivity index (χ1) is 25.2. The van der Waals surface area contributed by atoms with Crippen molar-refractivity contribution in [3.63, 3.8) is 0 Å². The van der Waals surface area contributed by atoms with E-state index in [1.165, 1.54) is 16.7 Å². The summed E-state index contributed by atoms with van der Waals surface area (Å²) in [5.41, 5.74) is 16.2.